The monoisotopic (exact) mass is 472 g/mol. The fourth-order valence-electron chi connectivity index (χ4n) is 3.79. The summed E-state index contributed by atoms with van der Waals surface area (Å²) in [7, 11) is 0. The van der Waals surface area contributed by atoms with Crippen LogP contribution >= 0.6 is 0 Å². The molecule has 1 aromatic carbocycles. The van der Waals surface area contributed by atoms with Crippen molar-refractivity contribution in [2.75, 3.05) is 19.8 Å². The molecule has 0 spiro atoms. The lowest BCUT2D eigenvalue weighted by molar-refractivity contribution is -0.114. The zero-order chi connectivity index (χ0) is 24.6. The molecular formula is C27H28N4O4. The summed E-state index contributed by atoms with van der Waals surface area (Å²) in [6.07, 6.45) is 9.70. The molecule has 1 saturated heterocycles. The Bertz CT molecular complexity index is 1260. The number of nitrogens with two attached hydrogens (primary N) is 2. The van der Waals surface area contributed by atoms with Crippen molar-refractivity contribution in [1.29, 1.82) is 0 Å². The molecule has 8 nitrogen and oxygen atoms in total. The molecule has 1 aliphatic rings. The molecule has 1 fully saturated rings. The number of ether oxygens (including phenoxy) is 3. The number of primary amides is 1. The fourth-order valence-corrected chi connectivity index (χ4v) is 3.79. The molecule has 0 aliphatic carbocycles. The van der Waals surface area contributed by atoms with Gasteiger partial charge < -0.3 is 25.7 Å². The third kappa shape index (κ3) is 6.04. The highest BCUT2D eigenvalue weighted by molar-refractivity contribution is 5.96. The van der Waals surface area contributed by atoms with E-state index in [-0.39, 0.29) is 18.3 Å². The van der Waals surface area contributed by atoms with Crippen LogP contribution in [-0.2, 0) is 9.53 Å². The van der Waals surface area contributed by atoms with Gasteiger partial charge in [0.2, 0.25) is 11.8 Å². The third-order valence-electron chi connectivity index (χ3n) is 5.63. The van der Waals surface area contributed by atoms with Crippen molar-refractivity contribution in [3.63, 3.8) is 0 Å². The Hall–Kier alpha value is -4.17. The highest BCUT2D eigenvalue weighted by Crippen LogP contribution is 2.32. The predicted octanol–water partition coefficient (Wildman–Crippen LogP) is 3.67. The van der Waals surface area contributed by atoms with Crippen LogP contribution in [0.1, 0.15) is 12.8 Å². The smallest absolute Gasteiger partial charge is 0.249 e. The minimum Gasteiger partial charge on any atom is -0.488 e. The number of pyridine rings is 2. The normalized spacial score (nSPS) is 14.8. The molecule has 0 radical (unpaired) electrons. The predicted molar refractivity (Wildman–Crippen MR) is 135 cm³/mol. The summed E-state index contributed by atoms with van der Waals surface area (Å²) in [6.45, 7) is 5.43. The Morgan fingerprint density at radius 2 is 2.00 bits per heavy atom. The number of rotatable bonds is 9. The molecule has 1 amide bonds. The molecule has 0 atom stereocenters. The topological polar surface area (TPSA) is 123 Å². The van der Waals surface area contributed by atoms with Crippen LogP contribution in [-0.4, -0.2) is 41.8 Å². The number of benzene rings is 1. The van der Waals surface area contributed by atoms with Gasteiger partial charge in [-0.15, -0.1) is 0 Å². The maximum absolute atomic E-state index is 11.8. The van der Waals surface area contributed by atoms with Crippen LogP contribution in [0.15, 0.2) is 84.9 Å². The lowest BCUT2D eigenvalue weighted by Crippen LogP contribution is -2.26. The minimum absolute atomic E-state index is 0.0662. The first-order chi connectivity index (χ1) is 17.0. The Labute approximate surface area is 203 Å². The first-order valence-corrected chi connectivity index (χ1v) is 11.3. The lowest BCUT2D eigenvalue weighted by Gasteiger charge is -2.22. The van der Waals surface area contributed by atoms with E-state index < -0.39 is 5.91 Å². The third-order valence-corrected chi connectivity index (χ3v) is 5.63. The summed E-state index contributed by atoms with van der Waals surface area (Å²) in [5.74, 6) is 0.586. The summed E-state index contributed by atoms with van der Waals surface area (Å²) in [6, 6.07) is 11.5. The molecule has 2 aromatic heterocycles. The van der Waals surface area contributed by atoms with Crippen LogP contribution in [0.2, 0.25) is 0 Å². The van der Waals surface area contributed by atoms with Crippen molar-refractivity contribution >= 4 is 16.8 Å². The second-order valence-corrected chi connectivity index (χ2v) is 8.08. The zero-order valence-corrected chi connectivity index (χ0v) is 19.4. The molecule has 35 heavy (non-hydrogen) atoms. The van der Waals surface area contributed by atoms with Gasteiger partial charge >= 0.3 is 0 Å². The van der Waals surface area contributed by atoms with Gasteiger partial charge in [0.05, 0.1) is 18.7 Å². The first kappa shape index (κ1) is 24.0. The molecule has 8 heteroatoms. The number of nitrogens with zero attached hydrogens (tertiary/aromatic N) is 2. The minimum atomic E-state index is -0.605. The van der Waals surface area contributed by atoms with E-state index in [4.69, 9.17) is 25.7 Å². The number of aromatic nitrogens is 2. The number of fused-ring (bicyclic) bond motifs is 1. The summed E-state index contributed by atoms with van der Waals surface area (Å²) < 4.78 is 17.4. The highest BCUT2D eigenvalue weighted by atomic mass is 16.5. The van der Waals surface area contributed by atoms with E-state index in [0.29, 0.717) is 30.4 Å². The second kappa shape index (κ2) is 11.3. The van der Waals surface area contributed by atoms with Gasteiger partial charge in [-0.3, -0.25) is 9.78 Å². The number of allylic oxidation sites excluding steroid dienone is 2. The summed E-state index contributed by atoms with van der Waals surface area (Å²) >= 11 is 0. The van der Waals surface area contributed by atoms with Crippen LogP contribution < -0.4 is 20.9 Å². The number of hydrogen-bond donors (Lipinski definition) is 2. The van der Waals surface area contributed by atoms with Crippen molar-refractivity contribution in [1.82, 2.24) is 9.97 Å². The van der Waals surface area contributed by atoms with E-state index in [1.807, 2.05) is 36.4 Å². The van der Waals surface area contributed by atoms with Gasteiger partial charge in [0.15, 0.2) is 0 Å². The Kier molecular flexibility index (Phi) is 7.74. The molecule has 3 aromatic rings. The molecule has 0 bridgehead atoms. The standard InChI is InChI=1S/C27H28N4O4/c1-18(22(27(29)32)4-2-10-28)17-34-25-15-20(14-24-23(25)5-3-11-30-24)19-6-7-26(31-16-19)35-21-8-12-33-13-9-21/h2-7,10-11,14-16,21H,1,8-9,12-13,17,28H2,(H2,29,32)/b10-2-,22-4+. The Morgan fingerprint density at radius 3 is 2.71 bits per heavy atom. The van der Waals surface area contributed by atoms with Crippen molar-refractivity contribution < 1.29 is 19.0 Å². The van der Waals surface area contributed by atoms with Gasteiger partial charge in [0.25, 0.3) is 0 Å². The summed E-state index contributed by atoms with van der Waals surface area (Å²) in [4.78, 5) is 20.8. The van der Waals surface area contributed by atoms with E-state index in [2.05, 4.69) is 16.5 Å². The van der Waals surface area contributed by atoms with Gasteiger partial charge in [0.1, 0.15) is 18.5 Å². The molecule has 4 N–H and O–H groups in total. The van der Waals surface area contributed by atoms with E-state index in [0.717, 1.165) is 34.9 Å². The van der Waals surface area contributed by atoms with Crippen molar-refractivity contribution in [2.24, 2.45) is 11.5 Å². The quantitative estimate of drug-likeness (QED) is 0.360. The zero-order valence-electron chi connectivity index (χ0n) is 19.4. The summed E-state index contributed by atoms with van der Waals surface area (Å²) in [5, 5.41) is 0.836. The van der Waals surface area contributed by atoms with Crippen LogP contribution in [0.5, 0.6) is 11.6 Å². The maximum Gasteiger partial charge on any atom is 0.249 e. The molecule has 0 unspecified atom stereocenters. The van der Waals surface area contributed by atoms with E-state index in [1.165, 1.54) is 18.4 Å². The van der Waals surface area contributed by atoms with Crippen molar-refractivity contribution in [2.45, 2.75) is 18.9 Å². The molecule has 1 aliphatic heterocycles. The van der Waals surface area contributed by atoms with Crippen LogP contribution in [0, 0.1) is 0 Å². The average molecular weight is 473 g/mol. The molecular weight excluding hydrogens is 444 g/mol. The van der Waals surface area contributed by atoms with Crippen molar-refractivity contribution in [3.8, 4) is 22.8 Å². The fraction of sp³-hybridized carbons (Fsp3) is 0.222. The number of hydrogen-bond acceptors (Lipinski definition) is 7. The van der Waals surface area contributed by atoms with Gasteiger partial charge in [-0.1, -0.05) is 6.58 Å². The first-order valence-electron chi connectivity index (χ1n) is 11.3. The van der Waals surface area contributed by atoms with Crippen LogP contribution in [0.25, 0.3) is 22.0 Å². The molecule has 3 heterocycles. The summed E-state index contributed by atoms with van der Waals surface area (Å²) in [5.41, 5.74) is 14.1. The van der Waals surface area contributed by atoms with Crippen LogP contribution in [0.3, 0.4) is 0 Å². The van der Waals surface area contributed by atoms with E-state index in [1.54, 1.807) is 12.4 Å². The van der Waals surface area contributed by atoms with E-state index in [9.17, 15) is 4.79 Å². The number of carbonyl (C=O) groups excluding carboxylic acids is 1. The molecule has 180 valence electrons. The maximum atomic E-state index is 11.8. The second-order valence-electron chi connectivity index (χ2n) is 8.08. The largest absolute Gasteiger partial charge is 0.488 e. The van der Waals surface area contributed by atoms with Gasteiger partial charge in [0, 0.05) is 47.8 Å². The number of amides is 1. The molecule has 4 rings (SSSR count). The van der Waals surface area contributed by atoms with Gasteiger partial charge in [-0.25, -0.2) is 4.98 Å². The van der Waals surface area contributed by atoms with E-state index >= 15 is 0 Å². The van der Waals surface area contributed by atoms with Crippen LogP contribution in [0.4, 0.5) is 0 Å². The lowest BCUT2D eigenvalue weighted by atomic mass is 10.0. The highest BCUT2D eigenvalue weighted by Gasteiger charge is 2.16. The average Bonchev–Trinajstić information content (AvgIpc) is 2.88. The SMILES string of the molecule is C=C(COc1cc(-c2ccc(OC3CCOCC3)nc2)cc2ncccc12)/C(=C\C=C/N)C(N)=O. The molecule has 0 saturated carbocycles. The van der Waals surface area contributed by atoms with Gasteiger partial charge in [-0.05, 0) is 59.8 Å². The number of carbonyl (C=O) groups is 1. The Balaban J connectivity index is 1.56. The van der Waals surface area contributed by atoms with Crippen molar-refractivity contribution in [3.05, 3.63) is 84.9 Å². The van der Waals surface area contributed by atoms with Gasteiger partial charge in [-0.2, -0.15) is 0 Å². The Morgan fingerprint density at radius 1 is 1.17 bits per heavy atom.